The Labute approximate surface area is 184 Å². The first-order valence-corrected chi connectivity index (χ1v) is 11.0. The molecule has 0 bridgehead atoms. The van der Waals surface area contributed by atoms with Crippen molar-refractivity contribution in [2.75, 3.05) is 44.3 Å². The van der Waals surface area contributed by atoms with Crippen molar-refractivity contribution in [1.82, 2.24) is 4.90 Å². The monoisotopic (exact) mass is 424 g/mol. The number of phenolic OH excluding ortho intramolecular Hbond substituents is 1. The molecule has 1 saturated heterocycles. The van der Waals surface area contributed by atoms with E-state index in [1.807, 2.05) is 48.2 Å². The normalized spacial score (nSPS) is 14.1. The maximum absolute atomic E-state index is 12.6. The molecule has 31 heavy (non-hydrogen) atoms. The van der Waals surface area contributed by atoms with Gasteiger partial charge in [0.2, 0.25) is 5.91 Å². The Balaban J connectivity index is 1.56. The minimum absolute atomic E-state index is 0.00610. The Bertz CT molecular complexity index is 872. The van der Waals surface area contributed by atoms with Gasteiger partial charge in [0, 0.05) is 37.9 Å². The maximum Gasteiger partial charge on any atom is 0.246 e. The molecule has 0 radical (unpaired) electrons. The van der Waals surface area contributed by atoms with Crippen LogP contribution >= 0.6 is 0 Å². The van der Waals surface area contributed by atoms with Crippen LogP contribution in [0.4, 0.5) is 5.69 Å². The number of anilines is 1. The van der Waals surface area contributed by atoms with E-state index in [4.69, 9.17) is 9.47 Å². The van der Waals surface area contributed by atoms with Crippen molar-refractivity contribution in [2.45, 2.75) is 26.7 Å². The van der Waals surface area contributed by atoms with Gasteiger partial charge in [-0.1, -0.05) is 19.4 Å². The van der Waals surface area contributed by atoms with E-state index >= 15 is 0 Å². The first-order valence-electron chi connectivity index (χ1n) is 11.0. The van der Waals surface area contributed by atoms with Gasteiger partial charge in [-0.25, -0.2) is 0 Å². The second kappa shape index (κ2) is 11.3. The number of ether oxygens (including phenoxy) is 2. The largest absolute Gasteiger partial charge is 0.508 e. The number of unbranched alkanes of at least 4 members (excludes halogenated alkanes) is 1. The van der Waals surface area contributed by atoms with Gasteiger partial charge in [0.1, 0.15) is 5.75 Å². The number of piperazine rings is 1. The van der Waals surface area contributed by atoms with E-state index < -0.39 is 0 Å². The molecule has 1 N–H and O–H groups in total. The fourth-order valence-corrected chi connectivity index (χ4v) is 3.46. The number of amides is 1. The van der Waals surface area contributed by atoms with Gasteiger partial charge in [0.25, 0.3) is 0 Å². The molecule has 0 saturated carbocycles. The first-order chi connectivity index (χ1) is 15.1. The van der Waals surface area contributed by atoms with E-state index in [0.29, 0.717) is 32.1 Å². The first kappa shape index (κ1) is 22.5. The number of hydrogen-bond acceptors (Lipinski definition) is 5. The van der Waals surface area contributed by atoms with Gasteiger partial charge in [-0.3, -0.25) is 4.79 Å². The number of benzene rings is 2. The molecule has 3 rings (SSSR count). The number of nitrogens with zero attached hydrogens (tertiary/aromatic N) is 2. The minimum atomic E-state index is 0.00610. The quantitative estimate of drug-likeness (QED) is 0.480. The molecular weight excluding hydrogens is 392 g/mol. The third-order valence-electron chi connectivity index (χ3n) is 5.25. The fraction of sp³-hybridized carbons (Fsp3) is 0.400. The predicted molar refractivity (Wildman–Crippen MR) is 124 cm³/mol. The van der Waals surface area contributed by atoms with E-state index in [-0.39, 0.29) is 11.7 Å². The van der Waals surface area contributed by atoms with Crippen molar-refractivity contribution in [1.29, 1.82) is 0 Å². The summed E-state index contributed by atoms with van der Waals surface area (Å²) < 4.78 is 11.5. The van der Waals surface area contributed by atoms with Crippen LogP contribution in [0.25, 0.3) is 6.08 Å². The molecule has 0 aromatic heterocycles. The molecule has 0 atom stereocenters. The molecule has 0 aliphatic carbocycles. The Morgan fingerprint density at radius 2 is 1.74 bits per heavy atom. The van der Waals surface area contributed by atoms with E-state index in [0.717, 1.165) is 42.9 Å². The molecule has 1 heterocycles. The van der Waals surface area contributed by atoms with Gasteiger partial charge < -0.3 is 24.4 Å². The standard InChI is InChI=1S/C25H32N2O4/c1-3-5-18-31-23-12-6-20(19-24(23)30-4-2)7-13-25(29)27-16-14-26(15-17-27)21-8-10-22(28)11-9-21/h6-13,19,28H,3-5,14-18H2,1-2H3/b13-7+. The highest BCUT2D eigenvalue weighted by atomic mass is 16.5. The minimum Gasteiger partial charge on any atom is -0.508 e. The Morgan fingerprint density at radius 1 is 1.00 bits per heavy atom. The molecule has 2 aromatic carbocycles. The topological polar surface area (TPSA) is 62.2 Å². The summed E-state index contributed by atoms with van der Waals surface area (Å²) in [7, 11) is 0. The molecule has 0 unspecified atom stereocenters. The lowest BCUT2D eigenvalue weighted by atomic mass is 10.1. The second-order valence-electron chi connectivity index (χ2n) is 7.50. The number of carbonyl (C=O) groups is 1. The van der Waals surface area contributed by atoms with Crippen LogP contribution in [-0.2, 0) is 4.79 Å². The van der Waals surface area contributed by atoms with Gasteiger partial charge in [-0.2, -0.15) is 0 Å². The summed E-state index contributed by atoms with van der Waals surface area (Å²) >= 11 is 0. The Hall–Kier alpha value is -3.15. The second-order valence-corrected chi connectivity index (χ2v) is 7.50. The lowest BCUT2D eigenvalue weighted by Crippen LogP contribution is -2.48. The maximum atomic E-state index is 12.6. The summed E-state index contributed by atoms with van der Waals surface area (Å²) in [5.74, 6) is 1.71. The molecule has 1 aliphatic heterocycles. The van der Waals surface area contributed by atoms with Crippen molar-refractivity contribution in [3.8, 4) is 17.2 Å². The molecule has 1 aliphatic rings. The number of phenols is 1. The van der Waals surface area contributed by atoms with E-state index in [2.05, 4.69) is 11.8 Å². The highest BCUT2D eigenvalue weighted by Gasteiger charge is 2.19. The zero-order valence-electron chi connectivity index (χ0n) is 18.4. The van der Waals surface area contributed by atoms with Crippen molar-refractivity contribution >= 4 is 17.7 Å². The summed E-state index contributed by atoms with van der Waals surface area (Å²) in [6.07, 6.45) is 5.53. The molecule has 1 amide bonds. The van der Waals surface area contributed by atoms with Crippen LogP contribution in [0, 0.1) is 0 Å². The van der Waals surface area contributed by atoms with E-state index in [9.17, 15) is 9.90 Å². The van der Waals surface area contributed by atoms with Crippen LogP contribution in [0.5, 0.6) is 17.2 Å². The van der Waals surface area contributed by atoms with Gasteiger partial charge >= 0.3 is 0 Å². The van der Waals surface area contributed by atoms with Crippen LogP contribution in [0.1, 0.15) is 32.3 Å². The zero-order chi connectivity index (χ0) is 22.1. The lowest BCUT2D eigenvalue weighted by molar-refractivity contribution is -0.126. The van der Waals surface area contributed by atoms with Crippen molar-refractivity contribution in [2.24, 2.45) is 0 Å². The number of hydrogen-bond donors (Lipinski definition) is 1. The molecule has 6 nitrogen and oxygen atoms in total. The number of aromatic hydroxyl groups is 1. The van der Waals surface area contributed by atoms with Crippen molar-refractivity contribution < 1.29 is 19.4 Å². The molecule has 166 valence electrons. The lowest BCUT2D eigenvalue weighted by Gasteiger charge is -2.35. The summed E-state index contributed by atoms with van der Waals surface area (Å²) in [6.45, 7) is 8.16. The van der Waals surface area contributed by atoms with Gasteiger partial charge in [-0.15, -0.1) is 0 Å². The summed E-state index contributed by atoms with van der Waals surface area (Å²) in [6, 6.07) is 12.9. The van der Waals surface area contributed by atoms with Crippen LogP contribution in [0.15, 0.2) is 48.5 Å². The van der Waals surface area contributed by atoms with Gasteiger partial charge in [-0.05, 0) is 61.4 Å². The highest BCUT2D eigenvalue weighted by Crippen LogP contribution is 2.29. The zero-order valence-corrected chi connectivity index (χ0v) is 18.4. The van der Waals surface area contributed by atoms with Gasteiger partial charge in [0.05, 0.1) is 13.2 Å². The van der Waals surface area contributed by atoms with Gasteiger partial charge in [0.15, 0.2) is 11.5 Å². The van der Waals surface area contributed by atoms with Crippen molar-refractivity contribution in [3.05, 3.63) is 54.1 Å². The number of carbonyl (C=O) groups excluding carboxylic acids is 1. The molecular formula is C25H32N2O4. The Morgan fingerprint density at radius 3 is 2.42 bits per heavy atom. The van der Waals surface area contributed by atoms with Crippen molar-refractivity contribution in [3.63, 3.8) is 0 Å². The molecule has 1 fully saturated rings. The average Bonchev–Trinajstić information content (AvgIpc) is 2.79. The summed E-state index contributed by atoms with van der Waals surface area (Å²) in [5.41, 5.74) is 1.97. The molecule has 0 spiro atoms. The van der Waals surface area contributed by atoms with Crippen LogP contribution in [0.2, 0.25) is 0 Å². The Kier molecular flexibility index (Phi) is 8.21. The summed E-state index contributed by atoms with van der Waals surface area (Å²) in [4.78, 5) is 16.7. The third kappa shape index (κ3) is 6.41. The molecule has 6 heteroatoms. The van der Waals surface area contributed by atoms with Crippen LogP contribution in [0.3, 0.4) is 0 Å². The molecule has 2 aromatic rings. The third-order valence-corrected chi connectivity index (χ3v) is 5.25. The van der Waals surface area contributed by atoms with Crippen LogP contribution in [-0.4, -0.2) is 55.3 Å². The van der Waals surface area contributed by atoms with E-state index in [1.165, 1.54) is 0 Å². The predicted octanol–water partition coefficient (Wildman–Crippen LogP) is 4.33. The summed E-state index contributed by atoms with van der Waals surface area (Å²) in [5, 5.41) is 9.44. The average molecular weight is 425 g/mol. The highest BCUT2D eigenvalue weighted by molar-refractivity contribution is 5.92. The smallest absolute Gasteiger partial charge is 0.246 e. The SMILES string of the molecule is CCCCOc1ccc(/C=C/C(=O)N2CCN(c3ccc(O)cc3)CC2)cc1OCC. The number of rotatable bonds is 9. The van der Waals surface area contributed by atoms with Crippen LogP contribution < -0.4 is 14.4 Å². The fourth-order valence-electron chi connectivity index (χ4n) is 3.46. The van der Waals surface area contributed by atoms with E-state index in [1.54, 1.807) is 18.2 Å².